The van der Waals surface area contributed by atoms with E-state index in [1.54, 1.807) is 17.8 Å². The van der Waals surface area contributed by atoms with Crippen LogP contribution >= 0.6 is 11.8 Å². The summed E-state index contributed by atoms with van der Waals surface area (Å²) in [6, 6.07) is 1.76. The second-order valence-corrected chi connectivity index (χ2v) is 5.44. The number of rotatable bonds is 6. The van der Waals surface area contributed by atoms with Crippen LogP contribution in [-0.2, 0) is 12.8 Å². The minimum absolute atomic E-state index is 0.266. The number of anilines is 1. The number of pyridine rings is 1. The fraction of sp³-hybridized carbons (Fsp3) is 0.429. The van der Waals surface area contributed by atoms with Crippen LogP contribution in [0.15, 0.2) is 6.07 Å². The average molecular weight is 276 g/mol. The van der Waals surface area contributed by atoms with Crippen LogP contribution in [0.3, 0.4) is 0 Å². The van der Waals surface area contributed by atoms with Gasteiger partial charge in [0.25, 0.3) is 0 Å². The Morgan fingerprint density at radius 3 is 3.16 bits per heavy atom. The zero-order chi connectivity index (χ0) is 13.7. The molecule has 1 aromatic heterocycles. The zero-order valence-corrected chi connectivity index (χ0v) is 11.4. The smallest absolute Gasteiger partial charge is 0.339 e. The molecule has 2 rings (SSSR count). The van der Waals surface area contributed by atoms with Gasteiger partial charge in [0.15, 0.2) is 0 Å². The summed E-state index contributed by atoms with van der Waals surface area (Å²) in [5, 5.41) is 12.3. The molecule has 0 amide bonds. The molecule has 0 atom stereocenters. The molecular weight excluding hydrogens is 260 g/mol. The molecule has 0 unspecified atom stereocenters. The van der Waals surface area contributed by atoms with Gasteiger partial charge in [0.2, 0.25) is 0 Å². The third-order valence-electron chi connectivity index (χ3n) is 3.01. The van der Waals surface area contributed by atoms with Crippen LogP contribution in [0.5, 0.6) is 0 Å². The topological polar surface area (TPSA) is 62.2 Å². The molecule has 0 saturated carbocycles. The van der Waals surface area contributed by atoms with E-state index in [2.05, 4.69) is 16.2 Å². The number of hydrogen-bond donors (Lipinski definition) is 2. The highest BCUT2D eigenvalue weighted by Crippen LogP contribution is 2.25. The number of nitrogens with one attached hydrogen (secondary N) is 1. The summed E-state index contributed by atoms with van der Waals surface area (Å²) < 4.78 is 0. The van der Waals surface area contributed by atoms with Gasteiger partial charge in [-0.2, -0.15) is 0 Å². The lowest BCUT2D eigenvalue weighted by Gasteiger charge is -2.10. The molecule has 19 heavy (non-hydrogen) atoms. The SMILES string of the molecule is C#CCSCCNc1nc2c(cc1C(=O)O)CCC2. The molecule has 0 aromatic carbocycles. The Labute approximate surface area is 117 Å². The summed E-state index contributed by atoms with van der Waals surface area (Å²) in [5.74, 6) is 3.61. The summed E-state index contributed by atoms with van der Waals surface area (Å²) in [5.41, 5.74) is 2.37. The number of aromatic carboxylic acids is 1. The van der Waals surface area contributed by atoms with E-state index in [1.165, 1.54) is 0 Å². The lowest BCUT2D eigenvalue weighted by atomic mass is 10.1. The number of thioether (sulfide) groups is 1. The van der Waals surface area contributed by atoms with Crippen molar-refractivity contribution in [3.8, 4) is 12.3 Å². The Bertz CT molecular complexity index is 523. The maximum absolute atomic E-state index is 11.2. The summed E-state index contributed by atoms with van der Waals surface area (Å²) >= 11 is 1.64. The van der Waals surface area contributed by atoms with Crippen LogP contribution in [0.1, 0.15) is 28.0 Å². The highest BCUT2D eigenvalue weighted by atomic mass is 32.2. The van der Waals surface area contributed by atoms with Gasteiger partial charge in [0.05, 0.1) is 5.75 Å². The first-order chi connectivity index (χ1) is 9.22. The highest BCUT2D eigenvalue weighted by Gasteiger charge is 2.19. The number of carbonyl (C=O) groups is 1. The van der Waals surface area contributed by atoms with E-state index in [1.807, 2.05) is 0 Å². The molecule has 1 aliphatic carbocycles. The summed E-state index contributed by atoms with van der Waals surface area (Å²) in [6.07, 6.45) is 8.10. The van der Waals surface area contributed by atoms with Gasteiger partial charge in [-0.3, -0.25) is 0 Å². The van der Waals surface area contributed by atoms with Crippen LogP contribution in [-0.4, -0.2) is 34.1 Å². The van der Waals surface area contributed by atoms with Crippen LogP contribution < -0.4 is 5.32 Å². The van der Waals surface area contributed by atoms with Gasteiger partial charge < -0.3 is 10.4 Å². The maximum Gasteiger partial charge on any atom is 0.339 e. The Morgan fingerprint density at radius 2 is 2.42 bits per heavy atom. The van der Waals surface area contributed by atoms with Crippen molar-refractivity contribution < 1.29 is 9.90 Å². The Morgan fingerprint density at radius 1 is 1.58 bits per heavy atom. The van der Waals surface area contributed by atoms with Crippen LogP contribution in [0.4, 0.5) is 5.82 Å². The second kappa shape index (κ2) is 6.48. The van der Waals surface area contributed by atoms with Crippen molar-refractivity contribution in [3.63, 3.8) is 0 Å². The Hall–Kier alpha value is -1.67. The first-order valence-electron chi connectivity index (χ1n) is 6.23. The molecule has 1 heterocycles. The minimum Gasteiger partial charge on any atom is -0.478 e. The number of carboxylic acids is 1. The van der Waals surface area contributed by atoms with Crippen molar-refractivity contribution in [2.24, 2.45) is 0 Å². The lowest BCUT2D eigenvalue weighted by molar-refractivity contribution is 0.0697. The molecule has 0 aliphatic heterocycles. The van der Waals surface area contributed by atoms with E-state index in [4.69, 9.17) is 6.42 Å². The third-order valence-corrected chi connectivity index (χ3v) is 3.87. The van der Waals surface area contributed by atoms with Crippen molar-refractivity contribution in [2.45, 2.75) is 19.3 Å². The van der Waals surface area contributed by atoms with Gasteiger partial charge in [0.1, 0.15) is 11.4 Å². The normalized spacial score (nSPS) is 12.8. The van der Waals surface area contributed by atoms with Gasteiger partial charge in [-0.1, -0.05) is 5.92 Å². The monoisotopic (exact) mass is 276 g/mol. The number of carboxylic acid groups (broad SMARTS) is 1. The van der Waals surface area contributed by atoms with Crippen molar-refractivity contribution in [3.05, 3.63) is 22.9 Å². The van der Waals surface area contributed by atoms with Crippen LogP contribution in [0.2, 0.25) is 0 Å². The molecule has 1 aromatic rings. The van der Waals surface area contributed by atoms with Gasteiger partial charge in [0, 0.05) is 18.0 Å². The number of nitrogens with zero attached hydrogens (tertiary/aromatic N) is 1. The van der Waals surface area contributed by atoms with Gasteiger partial charge >= 0.3 is 5.97 Å². The molecule has 2 N–H and O–H groups in total. The molecule has 0 fully saturated rings. The first kappa shape index (κ1) is 13.8. The third kappa shape index (κ3) is 3.42. The van der Waals surface area contributed by atoms with Crippen molar-refractivity contribution in [1.29, 1.82) is 0 Å². The summed E-state index contributed by atoms with van der Waals surface area (Å²) in [6.45, 7) is 0.665. The number of aromatic nitrogens is 1. The lowest BCUT2D eigenvalue weighted by Crippen LogP contribution is -2.12. The highest BCUT2D eigenvalue weighted by molar-refractivity contribution is 7.99. The molecule has 5 heteroatoms. The predicted molar refractivity (Wildman–Crippen MR) is 77.9 cm³/mol. The fourth-order valence-corrected chi connectivity index (χ4v) is 2.65. The fourth-order valence-electron chi connectivity index (χ4n) is 2.14. The van der Waals surface area contributed by atoms with Crippen molar-refractivity contribution >= 4 is 23.5 Å². The molecule has 0 saturated heterocycles. The predicted octanol–water partition coefficient (Wildman–Crippen LogP) is 2.05. The molecule has 100 valence electrons. The Balaban J connectivity index is 2.06. The number of terminal acetylenes is 1. The minimum atomic E-state index is -0.930. The Kier molecular flexibility index (Phi) is 4.69. The molecule has 0 bridgehead atoms. The van der Waals surface area contributed by atoms with Gasteiger partial charge in [-0.15, -0.1) is 18.2 Å². The molecular formula is C14H16N2O2S. The van der Waals surface area contributed by atoms with Crippen LogP contribution in [0, 0.1) is 12.3 Å². The van der Waals surface area contributed by atoms with Gasteiger partial charge in [-0.25, -0.2) is 9.78 Å². The maximum atomic E-state index is 11.2. The largest absolute Gasteiger partial charge is 0.478 e. The molecule has 0 radical (unpaired) electrons. The first-order valence-corrected chi connectivity index (χ1v) is 7.39. The standard InChI is InChI=1S/C14H16N2O2S/c1-2-7-19-8-6-15-13-11(14(17)18)9-10-4-3-5-12(10)16-13/h1,9H,3-8H2,(H,15,16)(H,17,18). The number of aryl methyl sites for hydroxylation is 2. The van der Waals surface area contributed by atoms with E-state index < -0.39 is 5.97 Å². The number of hydrogen-bond acceptors (Lipinski definition) is 4. The second-order valence-electron chi connectivity index (χ2n) is 4.33. The van der Waals surface area contributed by atoms with E-state index in [-0.39, 0.29) is 5.56 Å². The van der Waals surface area contributed by atoms with Crippen LogP contribution in [0.25, 0.3) is 0 Å². The zero-order valence-electron chi connectivity index (χ0n) is 10.6. The van der Waals surface area contributed by atoms with E-state index in [0.29, 0.717) is 18.1 Å². The number of fused-ring (bicyclic) bond motifs is 1. The van der Waals surface area contributed by atoms with Gasteiger partial charge in [-0.05, 0) is 30.9 Å². The quantitative estimate of drug-likeness (QED) is 0.615. The molecule has 1 aliphatic rings. The van der Waals surface area contributed by atoms with E-state index >= 15 is 0 Å². The van der Waals surface area contributed by atoms with E-state index in [0.717, 1.165) is 36.3 Å². The van der Waals surface area contributed by atoms with Crippen molar-refractivity contribution in [2.75, 3.05) is 23.4 Å². The summed E-state index contributed by atoms with van der Waals surface area (Å²) in [4.78, 5) is 15.7. The van der Waals surface area contributed by atoms with Crippen molar-refractivity contribution in [1.82, 2.24) is 4.98 Å². The summed E-state index contributed by atoms with van der Waals surface area (Å²) in [7, 11) is 0. The van der Waals surface area contributed by atoms with E-state index in [9.17, 15) is 9.90 Å². The molecule has 4 nitrogen and oxygen atoms in total. The average Bonchev–Trinajstić information content (AvgIpc) is 2.84. The molecule has 0 spiro atoms.